The molecule has 19 heavy (non-hydrogen) atoms. The number of alkyl halides is 1. The van der Waals surface area contributed by atoms with Gasteiger partial charge < -0.3 is 0 Å². The SMILES string of the molecule is CC(C)Cc1ccc(C(Cl)CC(C)C(C)(C)C)cc1. The molecule has 1 rings (SSSR count). The van der Waals surface area contributed by atoms with Gasteiger partial charge in [0.1, 0.15) is 0 Å². The van der Waals surface area contributed by atoms with E-state index in [9.17, 15) is 0 Å². The van der Waals surface area contributed by atoms with E-state index in [0.717, 1.165) is 12.8 Å². The van der Waals surface area contributed by atoms with Crippen LogP contribution in [0, 0.1) is 17.3 Å². The number of hydrogen-bond donors (Lipinski definition) is 0. The van der Waals surface area contributed by atoms with E-state index >= 15 is 0 Å². The van der Waals surface area contributed by atoms with E-state index in [0.29, 0.717) is 17.3 Å². The second-order valence-electron chi connectivity index (χ2n) is 7.31. The minimum Gasteiger partial charge on any atom is -0.118 e. The Labute approximate surface area is 124 Å². The Morgan fingerprint density at radius 3 is 1.95 bits per heavy atom. The molecule has 0 heterocycles. The molecule has 2 unspecified atom stereocenters. The molecule has 2 atom stereocenters. The molecular weight excluding hydrogens is 252 g/mol. The Morgan fingerprint density at radius 2 is 1.53 bits per heavy atom. The maximum absolute atomic E-state index is 6.57. The normalized spacial score (nSPS) is 15.6. The number of benzene rings is 1. The molecule has 0 aliphatic rings. The van der Waals surface area contributed by atoms with Crippen LogP contribution in [-0.2, 0) is 6.42 Å². The van der Waals surface area contributed by atoms with Crippen LogP contribution in [-0.4, -0.2) is 0 Å². The van der Waals surface area contributed by atoms with E-state index in [1.165, 1.54) is 11.1 Å². The van der Waals surface area contributed by atoms with Gasteiger partial charge in [-0.1, -0.05) is 65.8 Å². The first-order valence-corrected chi connectivity index (χ1v) is 7.86. The van der Waals surface area contributed by atoms with Crippen molar-refractivity contribution in [1.29, 1.82) is 0 Å². The molecule has 0 saturated carbocycles. The van der Waals surface area contributed by atoms with Gasteiger partial charge in [-0.2, -0.15) is 0 Å². The molecule has 0 spiro atoms. The van der Waals surface area contributed by atoms with Gasteiger partial charge in [-0.15, -0.1) is 11.6 Å². The van der Waals surface area contributed by atoms with E-state index in [1.54, 1.807) is 0 Å². The molecule has 1 aromatic carbocycles. The average Bonchev–Trinajstić information content (AvgIpc) is 2.27. The lowest BCUT2D eigenvalue weighted by molar-refractivity contribution is 0.245. The van der Waals surface area contributed by atoms with Gasteiger partial charge in [0.05, 0.1) is 5.38 Å². The van der Waals surface area contributed by atoms with E-state index in [4.69, 9.17) is 11.6 Å². The van der Waals surface area contributed by atoms with Crippen LogP contribution < -0.4 is 0 Å². The van der Waals surface area contributed by atoms with Crippen LogP contribution in [0.5, 0.6) is 0 Å². The van der Waals surface area contributed by atoms with Gasteiger partial charge in [0.15, 0.2) is 0 Å². The summed E-state index contributed by atoms with van der Waals surface area (Å²) in [5, 5.41) is 0.127. The highest BCUT2D eigenvalue weighted by Crippen LogP contribution is 2.36. The van der Waals surface area contributed by atoms with Crippen molar-refractivity contribution in [1.82, 2.24) is 0 Å². The van der Waals surface area contributed by atoms with Crippen LogP contribution in [0.2, 0.25) is 0 Å². The van der Waals surface area contributed by atoms with Crippen molar-refractivity contribution in [2.45, 2.75) is 59.8 Å². The molecule has 0 saturated heterocycles. The predicted octanol–water partition coefficient (Wildman–Crippen LogP) is 6.24. The standard InChI is InChI=1S/C18H29Cl/c1-13(2)11-15-7-9-16(10-8-15)17(19)12-14(3)18(4,5)6/h7-10,13-14,17H,11-12H2,1-6H3. The first-order valence-electron chi connectivity index (χ1n) is 7.43. The smallest absolute Gasteiger partial charge is 0.0588 e. The van der Waals surface area contributed by atoms with Crippen LogP contribution in [0.25, 0.3) is 0 Å². The Balaban J connectivity index is 2.65. The Hall–Kier alpha value is -0.490. The lowest BCUT2D eigenvalue weighted by Crippen LogP contribution is -2.18. The fourth-order valence-electron chi connectivity index (χ4n) is 2.13. The summed E-state index contributed by atoms with van der Waals surface area (Å²) >= 11 is 6.57. The van der Waals surface area contributed by atoms with Gasteiger partial charge >= 0.3 is 0 Å². The molecular formula is C18H29Cl. The highest BCUT2D eigenvalue weighted by atomic mass is 35.5. The number of hydrogen-bond acceptors (Lipinski definition) is 0. The zero-order valence-electron chi connectivity index (χ0n) is 13.3. The summed E-state index contributed by atoms with van der Waals surface area (Å²) in [6, 6.07) is 8.86. The third kappa shape index (κ3) is 5.57. The molecule has 1 aromatic rings. The molecule has 0 aliphatic heterocycles. The number of rotatable bonds is 5. The van der Waals surface area contributed by atoms with Crippen molar-refractivity contribution >= 4 is 11.6 Å². The molecule has 0 aliphatic carbocycles. The highest BCUT2D eigenvalue weighted by Gasteiger charge is 2.23. The Kier molecular flexibility index (Phi) is 5.92. The maximum atomic E-state index is 6.57. The third-order valence-corrected chi connectivity index (χ3v) is 4.45. The molecule has 108 valence electrons. The maximum Gasteiger partial charge on any atom is 0.0588 e. The minimum absolute atomic E-state index is 0.127. The molecule has 0 bridgehead atoms. The fraction of sp³-hybridized carbons (Fsp3) is 0.667. The third-order valence-electron chi connectivity index (χ3n) is 4.02. The van der Waals surface area contributed by atoms with Gasteiger partial charge in [-0.25, -0.2) is 0 Å². The molecule has 0 fully saturated rings. The quantitative estimate of drug-likeness (QED) is 0.560. The van der Waals surface area contributed by atoms with E-state index < -0.39 is 0 Å². The van der Waals surface area contributed by atoms with E-state index in [1.807, 2.05) is 0 Å². The van der Waals surface area contributed by atoms with Crippen molar-refractivity contribution in [2.75, 3.05) is 0 Å². The summed E-state index contributed by atoms with van der Waals surface area (Å²) in [6.07, 6.45) is 2.18. The summed E-state index contributed by atoms with van der Waals surface area (Å²) < 4.78 is 0. The van der Waals surface area contributed by atoms with Crippen LogP contribution >= 0.6 is 11.6 Å². The predicted molar refractivity (Wildman–Crippen MR) is 86.8 cm³/mol. The molecule has 0 N–H and O–H groups in total. The zero-order chi connectivity index (χ0) is 14.6. The second-order valence-corrected chi connectivity index (χ2v) is 7.84. The minimum atomic E-state index is 0.127. The highest BCUT2D eigenvalue weighted by molar-refractivity contribution is 6.20. The van der Waals surface area contributed by atoms with Crippen molar-refractivity contribution in [3.63, 3.8) is 0 Å². The van der Waals surface area contributed by atoms with Crippen LogP contribution in [0.4, 0.5) is 0 Å². The van der Waals surface area contributed by atoms with Gasteiger partial charge in [0.2, 0.25) is 0 Å². The molecule has 0 radical (unpaired) electrons. The van der Waals surface area contributed by atoms with Crippen LogP contribution in [0.3, 0.4) is 0 Å². The molecule has 0 aromatic heterocycles. The second kappa shape index (κ2) is 6.79. The largest absolute Gasteiger partial charge is 0.118 e. The van der Waals surface area contributed by atoms with Gasteiger partial charge in [0.25, 0.3) is 0 Å². The van der Waals surface area contributed by atoms with Crippen molar-refractivity contribution < 1.29 is 0 Å². The molecule has 0 nitrogen and oxygen atoms in total. The Bertz CT molecular complexity index is 370. The lowest BCUT2D eigenvalue weighted by atomic mass is 9.79. The summed E-state index contributed by atoms with van der Waals surface area (Å²) in [7, 11) is 0. The van der Waals surface area contributed by atoms with Gasteiger partial charge in [-0.3, -0.25) is 0 Å². The van der Waals surface area contributed by atoms with Gasteiger partial charge in [-0.05, 0) is 41.2 Å². The lowest BCUT2D eigenvalue weighted by Gasteiger charge is -2.29. The van der Waals surface area contributed by atoms with E-state index in [-0.39, 0.29) is 5.38 Å². The van der Waals surface area contributed by atoms with E-state index in [2.05, 4.69) is 65.8 Å². The van der Waals surface area contributed by atoms with Crippen LogP contribution in [0.1, 0.15) is 64.5 Å². The number of halogens is 1. The summed E-state index contributed by atoms with van der Waals surface area (Å²) in [4.78, 5) is 0. The summed E-state index contributed by atoms with van der Waals surface area (Å²) in [5.74, 6) is 1.32. The summed E-state index contributed by atoms with van der Waals surface area (Å²) in [5.41, 5.74) is 2.99. The van der Waals surface area contributed by atoms with Crippen molar-refractivity contribution in [3.05, 3.63) is 35.4 Å². The fourth-order valence-corrected chi connectivity index (χ4v) is 2.55. The molecule has 1 heteroatoms. The van der Waals surface area contributed by atoms with Crippen molar-refractivity contribution in [2.24, 2.45) is 17.3 Å². The molecule has 0 amide bonds. The van der Waals surface area contributed by atoms with Crippen LogP contribution in [0.15, 0.2) is 24.3 Å². The Morgan fingerprint density at radius 1 is 1.00 bits per heavy atom. The topological polar surface area (TPSA) is 0 Å². The summed E-state index contributed by atoms with van der Waals surface area (Å²) in [6.45, 7) is 13.7. The first-order chi connectivity index (χ1) is 8.70. The monoisotopic (exact) mass is 280 g/mol. The zero-order valence-corrected chi connectivity index (χ0v) is 14.1. The average molecular weight is 281 g/mol. The first kappa shape index (κ1) is 16.6. The van der Waals surface area contributed by atoms with Gasteiger partial charge in [0, 0.05) is 0 Å². The van der Waals surface area contributed by atoms with Crippen molar-refractivity contribution in [3.8, 4) is 0 Å².